The predicted molar refractivity (Wildman–Crippen MR) is 71.8 cm³/mol. The molecule has 0 saturated heterocycles. The highest BCUT2D eigenvalue weighted by Gasteiger charge is 2.15. The summed E-state index contributed by atoms with van der Waals surface area (Å²) in [7, 11) is 0. The minimum atomic E-state index is -0.772. The Labute approximate surface area is 121 Å². The van der Waals surface area contributed by atoms with Gasteiger partial charge in [-0.15, -0.1) is 0 Å². The van der Waals surface area contributed by atoms with Crippen molar-refractivity contribution in [2.75, 3.05) is 6.54 Å². The summed E-state index contributed by atoms with van der Waals surface area (Å²) in [5.74, 6) is -1.23. The van der Waals surface area contributed by atoms with E-state index in [1.165, 1.54) is 12.1 Å². The van der Waals surface area contributed by atoms with Gasteiger partial charge in [-0.2, -0.15) is 4.98 Å². The van der Waals surface area contributed by atoms with E-state index in [4.69, 9.17) is 15.0 Å². The van der Waals surface area contributed by atoms with Crippen LogP contribution < -0.4 is 10.5 Å². The molecule has 0 amide bonds. The van der Waals surface area contributed by atoms with Crippen LogP contribution in [0, 0.1) is 11.6 Å². The van der Waals surface area contributed by atoms with Gasteiger partial charge in [0.15, 0.2) is 24.0 Å². The topological polar surface area (TPSA) is 74.2 Å². The molecule has 0 radical (unpaired) electrons. The maximum atomic E-state index is 13.8. The molecule has 1 aromatic carbocycles. The van der Waals surface area contributed by atoms with E-state index in [-0.39, 0.29) is 18.3 Å². The van der Waals surface area contributed by atoms with E-state index in [9.17, 15) is 8.78 Å². The van der Waals surface area contributed by atoms with Gasteiger partial charge in [0.2, 0.25) is 11.7 Å². The number of benzene rings is 1. The fourth-order valence-electron chi connectivity index (χ4n) is 1.76. The van der Waals surface area contributed by atoms with Gasteiger partial charge in [-0.1, -0.05) is 19.0 Å². The van der Waals surface area contributed by atoms with Gasteiger partial charge in [0.05, 0.1) is 0 Å². The smallest absolute Gasteiger partial charge is 0.229 e. The summed E-state index contributed by atoms with van der Waals surface area (Å²) in [6.45, 7) is 3.95. The van der Waals surface area contributed by atoms with Crippen molar-refractivity contribution in [3.63, 3.8) is 0 Å². The Hall–Kier alpha value is -2.02. The van der Waals surface area contributed by atoms with E-state index < -0.39 is 17.4 Å². The zero-order valence-corrected chi connectivity index (χ0v) is 11.9. The number of hydrogen-bond acceptors (Lipinski definition) is 5. The molecule has 0 fully saturated rings. The standard InChI is InChI=1S/C14H17F2N3O2/c1-8(2)14-18-12(19-21-14)7-20-13-10(15)5-9(3-4-17)6-11(13)16/h5-6,8H,3-4,7,17H2,1-2H3. The largest absolute Gasteiger partial charge is 0.479 e. The maximum absolute atomic E-state index is 13.8. The number of hydrogen-bond donors (Lipinski definition) is 1. The van der Waals surface area contributed by atoms with Crippen LogP contribution >= 0.6 is 0 Å². The van der Waals surface area contributed by atoms with Crippen LogP contribution in [0.5, 0.6) is 5.75 Å². The van der Waals surface area contributed by atoms with E-state index in [0.29, 0.717) is 24.4 Å². The molecule has 0 atom stereocenters. The Morgan fingerprint density at radius 3 is 2.48 bits per heavy atom. The summed E-state index contributed by atoms with van der Waals surface area (Å²) in [5, 5.41) is 3.69. The third-order valence-corrected chi connectivity index (χ3v) is 2.81. The molecule has 0 unspecified atom stereocenters. The Kier molecular flexibility index (Phi) is 4.85. The minimum Gasteiger partial charge on any atom is -0.479 e. The Bertz CT molecular complexity index is 591. The molecule has 1 aromatic heterocycles. The van der Waals surface area contributed by atoms with E-state index in [2.05, 4.69) is 10.1 Å². The predicted octanol–water partition coefficient (Wildman–Crippen LogP) is 2.55. The van der Waals surface area contributed by atoms with Crippen LogP contribution in [0.15, 0.2) is 16.7 Å². The van der Waals surface area contributed by atoms with Crippen molar-refractivity contribution in [1.29, 1.82) is 0 Å². The summed E-state index contributed by atoms with van der Waals surface area (Å²) in [5.41, 5.74) is 5.84. The van der Waals surface area contributed by atoms with Crippen molar-refractivity contribution < 1.29 is 18.0 Å². The van der Waals surface area contributed by atoms with Crippen LogP contribution in [0.25, 0.3) is 0 Å². The first-order valence-electron chi connectivity index (χ1n) is 6.64. The van der Waals surface area contributed by atoms with E-state index >= 15 is 0 Å². The van der Waals surface area contributed by atoms with Gasteiger partial charge >= 0.3 is 0 Å². The molecule has 21 heavy (non-hydrogen) atoms. The molecule has 0 aliphatic heterocycles. The first-order chi connectivity index (χ1) is 10.0. The Morgan fingerprint density at radius 2 is 1.95 bits per heavy atom. The van der Waals surface area contributed by atoms with Crippen molar-refractivity contribution in [1.82, 2.24) is 10.1 Å². The quantitative estimate of drug-likeness (QED) is 0.887. The van der Waals surface area contributed by atoms with Gasteiger partial charge in [-0.25, -0.2) is 8.78 Å². The van der Waals surface area contributed by atoms with Crippen molar-refractivity contribution in [2.24, 2.45) is 5.73 Å². The lowest BCUT2D eigenvalue weighted by atomic mass is 10.1. The number of nitrogens with two attached hydrogens (primary N) is 1. The molecular weight excluding hydrogens is 280 g/mol. The molecule has 2 N–H and O–H groups in total. The van der Waals surface area contributed by atoms with Gasteiger partial charge < -0.3 is 15.0 Å². The van der Waals surface area contributed by atoms with Crippen LogP contribution in [0.3, 0.4) is 0 Å². The summed E-state index contributed by atoms with van der Waals surface area (Å²) in [6, 6.07) is 2.42. The zero-order valence-electron chi connectivity index (χ0n) is 11.9. The summed E-state index contributed by atoms with van der Waals surface area (Å²) < 4.78 is 37.7. The molecule has 7 heteroatoms. The number of nitrogens with zero attached hydrogens (tertiary/aromatic N) is 2. The van der Waals surface area contributed by atoms with E-state index in [1.54, 1.807) is 0 Å². The number of aromatic nitrogens is 2. The Balaban J connectivity index is 2.08. The van der Waals surface area contributed by atoms with E-state index in [1.807, 2.05) is 13.8 Å². The van der Waals surface area contributed by atoms with E-state index in [0.717, 1.165) is 0 Å². The van der Waals surface area contributed by atoms with Crippen molar-refractivity contribution in [2.45, 2.75) is 32.8 Å². The lowest BCUT2D eigenvalue weighted by molar-refractivity contribution is 0.258. The van der Waals surface area contributed by atoms with Crippen LogP contribution in [-0.2, 0) is 13.0 Å². The molecule has 5 nitrogen and oxygen atoms in total. The fraction of sp³-hybridized carbons (Fsp3) is 0.429. The molecular formula is C14H17F2N3O2. The monoisotopic (exact) mass is 297 g/mol. The third-order valence-electron chi connectivity index (χ3n) is 2.81. The SMILES string of the molecule is CC(C)c1nc(COc2c(F)cc(CCN)cc2F)no1. The molecule has 0 aliphatic rings. The van der Waals surface area contributed by atoms with Gasteiger partial charge in [0.1, 0.15) is 0 Å². The Morgan fingerprint density at radius 1 is 1.29 bits per heavy atom. The zero-order chi connectivity index (χ0) is 15.4. The fourth-order valence-corrected chi connectivity index (χ4v) is 1.76. The normalized spacial score (nSPS) is 11.1. The van der Waals surface area contributed by atoms with Crippen molar-refractivity contribution in [3.8, 4) is 5.75 Å². The minimum absolute atomic E-state index is 0.0790. The molecule has 2 rings (SSSR count). The highest BCUT2D eigenvalue weighted by atomic mass is 19.1. The maximum Gasteiger partial charge on any atom is 0.229 e. The summed E-state index contributed by atoms with van der Waals surface area (Å²) >= 11 is 0. The van der Waals surface area contributed by atoms with Crippen LogP contribution in [-0.4, -0.2) is 16.7 Å². The number of halogens is 2. The van der Waals surface area contributed by atoms with Crippen molar-refractivity contribution >= 4 is 0 Å². The number of rotatable bonds is 6. The highest BCUT2D eigenvalue weighted by Crippen LogP contribution is 2.24. The molecule has 2 aromatic rings. The molecule has 0 aliphatic carbocycles. The lowest BCUT2D eigenvalue weighted by Crippen LogP contribution is -2.06. The number of ether oxygens (including phenoxy) is 1. The molecule has 0 spiro atoms. The van der Waals surface area contributed by atoms with Crippen LogP contribution in [0.4, 0.5) is 8.78 Å². The average Bonchev–Trinajstić information content (AvgIpc) is 2.87. The van der Waals surface area contributed by atoms with Crippen molar-refractivity contribution in [3.05, 3.63) is 41.0 Å². The van der Waals surface area contributed by atoms with Gasteiger partial charge in [0.25, 0.3) is 0 Å². The second-order valence-corrected chi connectivity index (χ2v) is 4.92. The van der Waals surface area contributed by atoms with Gasteiger partial charge in [-0.05, 0) is 30.7 Å². The van der Waals surface area contributed by atoms with Crippen LogP contribution in [0.1, 0.15) is 37.0 Å². The molecule has 114 valence electrons. The average molecular weight is 297 g/mol. The molecule has 1 heterocycles. The first kappa shape index (κ1) is 15.4. The lowest BCUT2D eigenvalue weighted by Gasteiger charge is -2.08. The molecule has 0 bridgehead atoms. The third kappa shape index (κ3) is 3.75. The van der Waals surface area contributed by atoms with Gasteiger partial charge in [0, 0.05) is 5.92 Å². The highest BCUT2D eigenvalue weighted by molar-refractivity contribution is 5.31. The van der Waals surface area contributed by atoms with Crippen LogP contribution in [0.2, 0.25) is 0 Å². The first-order valence-corrected chi connectivity index (χ1v) is 6.64. The second-order valence-electron chi connectivity index (χ2n) is 4.92. The summed E-state index contributed by atoms with van der Waals surface area (Å²) in [6.07, 6.45) is 0.400. The van der Waals surface area contributed by atoms with Gasteiger partial charge in [-0.3, -0.25) is 0 Å². The summed E-state index contributed by atoms with van der Waals surface area (Å²) in [4.78, 5) is 4.07. The molecule has 0 saturated carbocycles. The second kappa shape index (κ2) is 6.62.